The summed E-state index contributed by atoms with van der Waals surface area (Å²) in [6.45, 7) is 3.02. The predicted octanol–water partition coefficient (Wildman–Crippen LogP) is 3.47. The number of nitrogens with zero attached hydrogens (tertiary/aromatic N) is 6. The van der Waals surface area contributed by atoms with Crippen molar-refractivity contribution < 1.29 is 13.9 Å². The van der Waals surface area contributed by atoms with Crippen molar-refractivity contribution in [3.8, 4) is 17.1 Å². The maximum Gasteiger partial charge on any atom is 0.279 e. The van der Waals surface area contributed by atoms with Crippen molar-refractivity contribution in [3.05, 3.63) is 69.1 Å². The minimum atomic E-state index is -0.563. The summed E-state index contributed by atoms with van der Waals surface area (Å²) in [4.78, 5) is 33.0. The van der Waals surface area contributed by atoms with E-state index in [0.29, 0.717) is 37.3 Å². The monoisotopic (exact) mass is 496 g/mol. The third-order valence-corrected chi connectivity index (χ3v) is 6.25. The summed E-state index contributed by atoms with van der Waals surface area (Å²) in [6, 6.07) is 7.98. The van der Waals surface area contributed by atoms with E-state index < -0.39 is 5.82 Å². The first kappa shape index (κ1) is 23.1. The lowest BCUT2D eigenvalue weighted by Crippen LogP contribution is -2.39. The van der Waals surface area contributed by atoms with E-state index in [4.69, 9.17) is 21.1 Å². The Morgan fingerprint density at radius 3 is 2.77 bits per heavy atom. The van der Waals surface area contributed by atoms with Crippen molar-refractivity contribution in [2.24, 2.45) is 7.05 Å². The number of ether oxygens (including phenoxy) is 2. The van der Waals surface area contributed by atoms with Crippen LogP contribution in [0.1, 0.15) is 17.5 Å². The average Bonchev–Trinajstić information content (AvgIpc) is 2.87. The van der Waals surface area contributed by atoms with E-state index in [1.807, 2.05) is 17.0 Å². The Kier molecular flexibility index (Phi) is 6.08. The number of aryl methyl sites for hydroxylation is 1. The van der Waals surface area contributed by atoms with Gasteiger partial charge in [-0.05, 0) is 36.8 Å². The van der Waals surface area contributed by atoms with Gasteiger partial charge < -0.3 is 14.4 Å². The van der Waals surface area contributed by atoms with Crippen LogP contribution in [0.5, 0.6) is 5.88 Å². The number of halogens is 2. The molecule has 3 aromatic heterocycles. The lowest BCUT2D eigenvalue weighted by molar-refractivity contribution is 0.0390. The third kappa shape index (κ3) is 4.30. The Balaban J connectivity index is 1.64. The van der Waals surface area contributed by atoms with Crippen molar-refractivity contribution >= 4 is 28.6 Å². The molecule has 1 saturated heterocycles. The standard InChI is InChI=1S/C24H22ClFN6O3/c1-13-28-21-20(16-5-4-15(25)11-17(16)26)29-24(30-22(21)23(33)31(13)2)32-8-9-35-18(12-32)14-6-7-27-19(10-14)34-3/h4-7,10-11,18H,8-9,12H2,1-3H3/t18-/m1/s1. The van der Waals surface area contributed by atoms with Crippen LogP contribution < -0.4 is 15.2 Å². The van der Waals surface area contributed by atoms with Gasteiger partial charge in [0.25, 0.3) is 5.56 Å². The van der Waals surface area contributed by atoms with Crippen LogP contribution in [0.25, 0.3) is 22.3 Å². The van der Waals surface area contributed by atoms with Gasteiger partial charge in [-0.3, -0.25) is 9.36 Å². The number of methoxy groups -OCH3 is 1. The Labute approximate surface area is 205 Å². The number of hydrogen-bond donors (Lipinski definition) is 0. The zero-order valence-corrected chi connectivity index (χ0v) is 20.1. The van der Waals surface area contributed by atoms with Gasteiger partial charge in [0.2, 0.25) is 11.8 Å². The Morgan fingerprint density at radius 2 is 2.00 bits per heavy atom. The fourth-order valence-corrected chi connectivity index (χ4v) is 4.18. The third-order valence-electron chi connectivity index (χ3n) is 6.01. The lowest BCUT2D eigenvalue weighted by Gasteiger charge is -2.33. The maximum absolute atomic E-state index is 15.0. The van der Waals surface area contributed by atoms with Crippen LogP contribution in [0.3, 0.4) is 0 Å². The van der Waals surface area contributed by atoms with Crippen LogP contribution in [0.4, 0.5) is 10.3 Å². The summed E-state index contributed by atoms with van der Waals surface area (Å²) in [5.41, 5.74) is 1.32. The summed E-state index contributed by atoms with van der Waals surface area (Å²) in [5, 5.41) is 0.258. The van der Waals surface area contributed by atoms with Gasteiger partial charge in [0.05, 0.1) is 20.3 Å². The Hall–Kier alpha value is -3.63. The van der Waals surface area contributed by atoms with Crippen molar-refractivity contribution in [2.45, 2.75) is 13.0 Å². The predicted molar refractivity (Wildman–Crippen MR) is 129 cm³/mol. The molecule has 4 aromatic rings. The molecule has 4 heterocycles. The second kappa shape index (κ2) is 9.20. The fourth-order valence-electron chi connectivity index (χ4n) is 4.02. The Bertz CT molecular complexity index is 1490. The van der Waals surface area contributed by atoms with Gasteiger partial charge in [-0.1, -0.05) is 11.6 Å². The highest BCUT2D eigenvalue weighted by molar-refractivity contribution is 6.30. The Morgan fingerprint density at radius 1 is 1.17 bits per heavy atom. The van der Waals surface area contributed by atoms with Crippen molar-refractivity contribution in [3.63, 3.8) is 0 Å². The highest BCUT2D eigenvalue weighted by Crippen LogP contribution is 2.31. The molecule has 1 atom stereocenters. The second-order valence-corrected chi connectivity index (χ2v) is 8.59. The lowest BCUT2D eigenvalue weighted by atomic mass is 10.1. The van der Waals surface area contributed by atoms with Crippen molar-refractivity contribution in [2.75, 3.05) is 31.7 Å². The molecule has 1 fully saturated rings. The number of benzene rings is 1. The molecular formula is C24H22ClFN6O3. The van der Waals surface area contributed by atoms with Crippen LogP contribution in [0.15, 0.2) is 41.3 Å². The summed E-state index contributed by atoms with van der Waals surface area (Å²) in [6.07, 6.45) is 1.36. The molecule has 0 amide bonds. The molecule has 0 bridgehead atoms. The molecule has 0 saturated carbocycles. The highest BCUT2D eigenvalue weighted by Gasteiger charge is 2.27. The van der Waals surface area contributed by atoms with Crippen LogP contribution >= 0.6 is 11.6 Å². The minimum absolute atomic E-state index is 0.112. The molecule has 1 aromatic carbocycles. The van der Waals surface area contributed by atoms with Crippen LogP contribution in [-0.2, 0) is 11.8 Å². The molecule has 1 aliphatic heterocycles. The maximum atomic E-state index is 15.0. The molecule has 1 aliphatic rings. The van der Waals surface area contributed by atoms with Crippen LogP contribution in [-0.4, -0.2) is 51.3 Å². The summed E-state index contributed by atoms with van der Waals surface area (Å²) >= 11 is 5.97. The van der Waals surface area contributed by atoms with Crippen LogP contribution in [0.2, 0.25) is 5.02 Å². The summed E-state index contributed by atoms with van der Waals surface area (Å²) < 4.78 is 27.6. The molecule has 5 rings (SSSR count). The van der Waals surface area contributed by atoms with Gasteiger partial charge in [0.15, 0.2) is 5.52 Å². The van der Waals surface area contributed by atoms with E-state index in [0.717, 1.165) is 5.56 Å². The topological polar surface area (TPSA) is 95.3 Å². The summed E-state index contributed by atoms with van der Waals surface area (Å²) in [7, 11) is 3.17. The molecule has 9 nitrogen and oxygen atoms in total. The highest BCUT2D eigenvalue weighted by atomic mass is 35.5. The van der Waals surface area contributed by atoms with E-state index in [-0.39, 0.29) is 39.0 Å². The molecular weight excluding hydrogens is 475 g/mol. The fraction of sp³-hybridized carbons (Fsp3) is 0.292. The van der Waals surface area contributed by atoms with Gasteiger partial charge in [-0.25, -0.2) is 24.3 Å². The van der Waals surface area contributed by atoms with E-state index in [9.17, 15) is 9.18 Å². The van der Waals surface area contributed by atoms with Gasteiger partial charge >= 0.3 is 0 Å². The molecule has 0 spiro atoms. The van der Waals surface area contributed by atoms with E-state index >= 15 is 0 Å². The largest absolute Gasteiger partial charge is 0.481 e. The molecule has 0 radical (unpaired) electrons. The quantitative estimate of drug-likeness (QED) is 0.424. The van der Waals surface area contributed by atoms with Gasteiger partial charge in [0, 0.05) is 36.4 Å². The molecule has 0 aliphatic carbocycles. The summed E-state index contributed by atoms with van der Waals surface area (Å²) in [5.74, 6) is 0.675. The number of morpholine rings is 1. The molecule has 0 N–H and O–H groups in total. The normalized spacial score (nSPS) is 16.0. The molecule has 0 unspecified atom stereocenters. The number of fused-ring (bicyclic) bond motifs is 1. The van der Waals surface area contributed by atoms with E-state index in [1.54, 1.807) is 33.3 Å². The molecule has 11 heteroatoms. The average molecular weight is 497 g/mol. The first-order valence-corrected chi connectivity index (χ1v) is 11.3. The number of pyridine rings is 1. The molecule has 35 heavy (non-hydrogen) atoms. The first-order valence-electron chi connectivity index (χ1n) is 10.9. The smallest absolute Gasteiger partial charge is 0.279 e. The van der Waals surface area contributed by atoms with Gasteiger partial charge in [-0.2, -0.15) is 0 Å². The van der Waals surface area contributed by atoms with Gasteiger partial charge in [-0.15, -0.1) is 0 Å². The zero-order chi connectivity index (χ0) is 24.7. The number of anilines is 1. The second-order valence-electron chi connectivity index (χ2n) is 8.15. The van der Waals surface area contributed by atoms with E-state index in [1.165, 1.54) is 16.7 Å². The van der Waals surface area contributed by atoms with Crippen LogP contribution in [0, 0.1) is 12.7 Å². The first-order chi connectivity index (χ1) is 16.9. The number of hydrogen-bond acceptors (Lipinski definition) is 8. The molecule has 180 valence electrons. The SMILES string of the molecule is COc1cc([C@H]2CN(c3nc(-c4ccc(Cl)cc4F)c4nc(C)n(C)c(=O)c4n3)CCO2)ccn1. The zero-order valence-electron chi connectivity index (χ0n) is 19.3. The van der Waals surface area contributed by atoms with Crippen molar-refractivity contribution in [1.82, 2.24) is 24.5 Å². The van der Waals surface area contributed by atoms with Crippen molar-refractivity contribution in [1.29, 1.82) is 0 Å². The number of aromatic nitrogens is 5. The number of rotatable bonds is 4. The van der Waals surface area contributed by atoms with Gasteiger partial charge in [0.1, 0.15) is 29.0 Å². The van der Waals surface area contributed by atoms with E-state index in [2.05, 4.69) is 19.9 Å². The minimum Gasteiger partial charge on any atom is -0.481 e.